The lowest BCUT2D eigenvalue weighted by Crippen LogP contribution is -2.30. The SMILES string of the molecule is CCN(CC)S(=O)(=O)c1ccc(CCC(=O)Nc2ccc3sc(C(=O)OC)cc3c2)cc1. The van der Waals surface area contributed by atoms with E-state index in [9.17, 15) is 18.0 Å². The smallest absolute Gasteiger partial charge is 0.348 e. The van der Waals surface area contributed by atoms with Gasteiger partial charge in [0.15, 0.2) is 0 Å². The van der Waals surface area contributed by atoms with E-state index >= 15 is 0 Å². The Morgan fingerprint density at radius 1 is 1.03 bits per heavy atom. The van der Waals surface area contributed by atoms with Crippen molar-refractivity contribution in [2.75, 3.05) is 25.5 Å². The van der Waals surface area contributed by atoms with Crippen LogP contribution in [-0.2, 0) is 26.0 Å². The van der Waals surface area contributed by atoms with E-state index in [-0.39, 0.29) is 23.2 Å². The van der Waals surface area contributed by atoms with Crippen molar-refractivity contribution >= 4 is 49.0 Å². The number of carbonyl (C=O) groups is 2. The summed E-state index contributed by atoms with van der Waals surface area (Å²) in [6.45, 7) is 4.45. The number of fused-ring (bicyclic) bond motifs is 1. The number of nitrogens with zero attached hydrogens (tertiary/aromatic N) is 1. The molecule has 1 heterocycles. The van der Waals surface area contributed by atoms with Gasteiger partial charge in [0.25, 0.3) is 0 Å². The number of thiophene rings is 1. The maximum absolute atomic E-state index is 12.6. The average Bonchev–Trinajstić information content (AvgIpc) is 3.21. The Kier molecular flexibility index (Phi) is 7.65. The van der Waals surface area contributed by atoms with Crippen LogP contribution in [0.25, 0.3) is 10.1 Å². The van der Waals surface area contributed by atoms with E-state index < -0.39 is 10.0 Å². The minimum absolute atomic E-state index is 0.146. The molecule has 0 spiro atoms. The van der Waals surface area contributed by atoms with Crippen LogP contribution in [0.3, 0.4) is 0 Å². The number of aryl methyl sites for hydroxylation is 1. The maximum atomic E-state index is 12.6. The number of ether oxygens (including phenoxy) is 1. The summed E-state index contributed by atoms with van der Waals surface area (Å²) in [6, 6.07) is 13.9. The molecule has 0 saturated carbocycles. The quantitative estimate of drug-likeness (QED) is 0.467. The van der Waals surface area contributed by atoms with E-state index in [2.05, 4.69) is 5.32 Å². The van der Waals surface area contributed by atoms with E-state index in [0.29, 0.717) is 30.1 Å². The summed E-state index contributed by atoms with van der Waals surface area (Å²) in [5, 5.41) is 3.73. The van der Waals surface area contributed by atoms with Crippen LogP contribution in [0.15, 0.2) is 53.4 Å². The van der Waals surface area contributed by atoms with Gasteiger partial charge in [-0.05, 0) is 53.8 Å². The van der Waals surface area contributed by atoms with Gasteiger partial charge < -0.3 is 10.1 Å². The standard InChI is InChI=1S/C23H26N2O5S2/c1-4-25(5-2)32(28,29)19-10-6-16(7-11-19)8-13-22(26)24-18-9-12-20-17(14-18)15-21(31-20)23(27)30-3/h6-7,9-12,14-15H,4-5,8,13H2,1-3H3,(H,24,26). The second kappa shape index (κ2) is 10.2. The molecule has 3 rings (SSSR count). The van der Waals surface area contributed by atoms with Crippen LogP contribution in [-0.4, -0.2) is 44.8 Å². The molecule has 1 amide bonds. The lowest BCUT2D eigenvalue weighted by Gasteiger charge is -2.18. The number of amides is 1. The van der Waals surface area contributed by atoms with Crippen molar-refractivity contribution in [3.8, 4) is 0 Å². The number of hydrogen-bond acceptors (Lipinski definition) is 6. The highest BCUT2D eigenvalue weighted by Gasteiger charge is 2.21. The summed E-state index contributed by atoms with van der Waals surface area (Å²) >= 11 is 1.34. The number of esters is 1. The molecule has 0 aliphatic rings. The zero-order valence-corrected chi connectivity index (χ0v) is 19.9. The number of anilines is 1. The fourth-order valence-electron chi connectivity index (χ4n) is 3.34. The number of sulfonamides is 1. The van der Waals surface area contributed by atoms with Crippen molar-refractivity contribution in [3.05, 3.63) is 59.0 Å². The van der Waals surface area contributed by atoms with Gasteiger partial charge in [-0.15, -0.1) is 11.3 Å². The molecular weight excluding hydrogens is 448 g/mol. The lowest BCUT2D eigenvalue weighted by atomic mass is 10.1. The Morgan fingerprint density at radius 3 is 2.34 bits per heavy atom. The molecule has 3 aromatic rings. The number of rotatable bonds is 9. The van der Waals surface area contributed by atoms with Gasteiger partial charge >= 0.3 is 5.97 Å². The maximum Gasteiger partial charge on any atom is 0.348 e. The van der Waals surface area contributed by atoms with Gasteiger partial charge in [0.2, 0.25) is 15.9 Å². The lowest BCUT2D eigenvalue weighted by molar-refractivity contribution is -0.116. The van der Waals surface area contributed by atoms with E-state index in [4.69, 9.17) is 4.74 Å². The van der Waals surface area contributed by atoms with Crippen LogP contribution >= 0.6 is 11.3 Å². The Balaban J connectivity index is 1.60. The molecule has 0 saturated heterocycles. The first-order valence-corrected chi connectivity index (χ1v) is 12.5. The summed E-state index contributed by atoms with van der Waals surface area (Å²) < 4.78 is 32.2. The zero-order chi connectivity index (χ0) is 23.3. The van der Waals surface area contributed by atoms with Gasteiger partial charge in [-0.2, -0.15) is 4.31 Å². The van der Waals surface area contributed by atoms with Crippen LogP contribution < -0.4 is 5.32 Å². The molecular formula is C23H26N2O5S2. The van der Waals surface area contributed by atoms with Gasteiger partial charge in [-0.25, -0.2) is 13.2 Å². The van der Waals surface area contributed by atoms with Crippen LogP contribution in [0.1, 0.15) is 35.5 Å². The number of hydrogen-bond donors (Lipinski definition) is 1. The molecule has 1 aromatic heterocycles. The third kappa shape index (κ3) is 5.35. The second-order valence-corrected chi connectivity index (χ2v) is 10.2. The van der Waals surface area contributed by atoms with E-state index in [1.807, 2.05) is 26.0 Å². The third-order valence-electron chi connectivity index (χ3n) is 5.09. The first-order valence-electron chi connectivity index (χ1n) is 10.3. The molecule has 0 bridgehead atoms. The predicted octanol–water partition coefficient (Wildman–Crippen LogP) is 4.29. The van der Waals surface area contributed by atoms with Gasteiger partial charge in [0, 0.05) is 29.9 Å². The number of nitrogens with one attached hydrogen (secondary N) is 1. The van der Waals surface area contributed by atoms with Crippen molar-refractivity contribution in [2.45, 2.75) is 31.6 Å². The highest BCUT2D eigenvalue weighted by molar-refractivity contribution is 7.89. The molecule has 0 aliphatic heterocycles. The summed E-state index contributed by atoms with van der Waals surface area (Å²) in [5.41, 5.74) is 1.53. The highest BCUT2D eigenvalue weighted by Crippen LogP contribution is 2.28. The van der Waals surface area contributed by atoms with Crippen molar-refractivity contribution < 1.29 is 22.7 Å². The molecule has 0 atom stereocenters. The predicted molar refractivity (Wildman–Crippen MR) is 127 cm³/mol. The van der Waals surface area contributed by atoms with Crippen molar-refractivity contribution in [1.29, 1.82) is 0 Å². The Labute approximate surface area is 192 Å². The topological polar surface area (TPSA) is 92.8 Å². The Bertz CT molecular complexity index is 1210. The number of methoxy groups -OCH3 is 1. The van der Waals surface area contributed by atoms with E-state index in [1.54, 1.807) is 36.4 Å². The third-order valence-corrected chi connectivity index (χ3v) is 8.25. The molecule has 7 nitrogen and oxygen atoms in total. The molecule has 0 aliphatic carbocycles. The Morgan fingerprint density at radius 2 is 1.72 bits per heavy atom. The van der Waals surface area contributed by atoms with Crippen LogP contribution in [0.5, 0.6) is 0 Å². The molecule has 32 heavy (non-hydrogen) atoms. The average molecular weight is 475 g/mol. The zero-order valence-electron chi connectivity index (χ0n) is 18.3. The minimum atomic E-state index is -3.49. The summed E-state index contributed by atoms with van der Waals surface area (Å²) in [4.78, 5) is 24.8. The van der Waals surface area contributed by atoms with Crippen molar-refractivity contribution in [2.24, 2.45) is 0 Å². The summed E-state index contributed by atoms with van der Waals surface area (Å²) in [6.07, 6.45) is 0.752. The van der Waals surface area contributed by atoms with Crippen LogP contribution in [0, 0.1) is 0 Å². The molecule has 2 aromatic carbocycles. The van der Waals surface area contributed by atoms with Gasteiger partial charge in [0.1, 0.15) is 4.88 Å². The highest BCUT2D eigenvalue weighted by atomic mass is 32.2. The monoisotopic (exact) mass is 474 g/mol. The molecule has 0 fully saturated rings. The minimum Gasteiger partial charge on any atom is -0.465 e. The molecule has 0 unspecified atom stereocenters. The fraction of sp³-hybridized carbons (Fsp3) is 0.304. The normalized spacial score (nSPS) is 11.6. The summed E-state index contributed by atoms with van der Waals surface area (Å²) in [7, 11) is -2.14. The first-order chi connectivity index (χ1) is 15.3. The number of benzene rings is 2. The van der Waals surface area contributed by atoms with Gasteiger partial charge in [-0.3, -0.25) is 4.79 Å². The largest absolute Gasteiger partial charge is 0.465 e. The van der Waals surface area contributed by atoms with Gasteiger partial charge in [0.05, 0.1) is 12.0 Å². The van der Waals surface area contributed by atoms with Crippen molar-refractivity contribution in [1.82, 2.24) is 4.31 Å². The molecule has 0 radical (unpaired) electrons. The van der Waals surface area contributed by atoms with Gasteiger partial charge in [-0.1, -0.05) is 26.0 Å². The molecule has 1 N–H and O–H groups in total. The second-order valence-electron chi connectivity index (χ2n) is 7.14. The molecule has 9 heteroatoms. The van der Waals surface area contributed by atoms with E-state index in [1.165, 1.54) is 22.8 Å². The fourth-order valence-corrected chi connectivity index (χ4v) is 5.76. The number of carbonyl (C=O) groups excluding carboxylic acids is 2. The Hall–Kier alpha value is -2.75. The van der Waals surface area contributed by atoms with Crippen LogP contribution in [0.2, 0.25) is 0 Å². The molecule has 170 valence electrons. The van der Waals surface area contributed by atoms with Crippen LogP contribution in [0.4, 0.5) is 5.69 Å². The first kappa shape index (κ1) is 23.9. The van der Waals surface area contributed by atoms with Crippen molar-refractivity contribution in [3.63, 3.8) is 0 Å². The van der Waals surface area contributed by atoms with E-state index in [0.717, 1.165) is 15.6 Å². The summed E-state index contributed by atoms with van der Waals surface area (Å²) in [5.74, 6) is -0.527.